The molecule has 0 aliphatic carbocycles. The van der Waals surface area contributed by atoms with E-state index in [1.165, 1.54) is 11.3 Å². The Morgan fingerprint density at radius 3 is 2.88 bits per heavy atom. The van der Waals surface area contributed by atoms with Crippen LogP contribution in [0.1, 0.15) is 12.5 Å². The van der Waals surface area contributed by atoms with Crippen molar-refractivity contribution in [2.75, 3.05) is 18.5 Å². The van der Waals surface area contributed by atoms with Crippen molar-refractivity contribution in [3.8, 4) is 17.6 Å². The van der Waals surface area contributed by atoms with Gasteiger partial charge in [-0.1, -0.05) is 22.9 Å². The molecule has 1 N–H and O–H groups in total. The average molecular weight is 388 g/mol. The Balaban J connectivity index is 1.65. The molecule has 8 heteroatoms. The fourth-order valence-electron chi connectivity index (χ4n) is 2.22. The van der Waals surface area contributed by atoms with Gasteiger partial charge < -0.3 is 9.47 Å². The van der Waals surface area contributed by atoms with Crippen molar-refractivity contribution in [2.45, 2.75) is 6.92 Å². The molecule has 0 bridgehead atoms. The number of nitriles is 1. The standard InChI is InChI=1S/C18H14ClN3O3S/c1-2-24-15-7-11(9-20)3-6-14(15)25-10-17(23)22-18-21-13-5-4-12(19)8-16(13)26-18/h3-8H,2,10H2,1H3,(H,21,22,23). The minimum Gasteiger partial charge on any atom is -0.490 e. The van der Waals surface area contributed by atoms with Gasteiger partial charge in [0.05, 0.1) is 28.5 Å². The van der Waals surface area contributed by atoms with Gasteiger partial charge in [0, 0.05) is 11.1 Å². The van der Waals surface area contributed by atoms with Gasteiger partial charge in [-0.3, -0.25) is 10.1 Å². The largest absolute Gasteiger partial charge is 0.490 e. The third-order valence-corrected chi connectivity index (χ3v) is 4.50. The first-order valence-electron chi connectivity index (χ1n) is 7.74. The van der Waals surface area contributed by atoms with Gasteiger partial charge in [0.15, 0.2) is 23.2 Å². The molecular weight excluding hydrogens is 374 g/mol. The minimum absolute atomic E-state index is 0.206. The lowest BCUT2D eigenvalue weighted by Crippen LogP contribution is -2.20. The second-order valence-corrected chi connectivity index (χ2v) is 6.64. The molecule has 26 heavy (non-hydrogen) atoms. The summed E-state index contributed by atoms with van der Waals surface area (Å²) in [5.74, 6) is 0.480. The zero-order valence-corrected chi connectivity index (χ0v) is 15.4. The highest BCUT2D eigenvalue weighted by Gasteiger charge is 2.12. The molecule has 0 atom stereocenters. The maximum absolute atomic E-state index is 12.1. The molecule has 1 heterocycles. The molecule has 0 radical (unpaired) electrons. The van der Waals surface area contributed by atoms with Crippen molar-refractivity contribution in [3.05, 3.63) is 47.0 Å². The maximum atomic E-state index is 12.1. The summed E-state index contributed by atoms with van der Waals surface area (Å²) in [4.78, 5) is 16.5. The number of carbonyl (C=O) groups is 1. The van der Waals surface area contributed by atoms with Gasteiger partial charge in [0.25, 0.3) is 5.91 Å². The highest BCUT2D eigenvalue weighted by molar-refractivity contribution is 7.22. The van der Waals surface area contributed by atoms with Crippen molar-refractivity contribution >= 4 is 44.2 Å². The number of rotatable bonds is 6. The molecular formula is C18H14ClN3O3S. The van der Waals surface area contributed by atoms with Gasteiger partial charge in [0.2, 0.25) is 0 Å². The predicted molar refractivity (Wildman–Crippen MR) is 101 cm³/mol. The second-order valence-electron chi connectivity index (χ2n) is 5.17. The van der Waals surface area contributed by atoms with Crippen LogP contribution in [0, 0.1) is 11.3 Å². The number of nitrogens with zero attached hydrogens (tertiary/aromatic N) is 2. The van der Waals surface area contributed by atoms with Crippen molar-refractivity contribution in [3.63, 3.8) is 0 Å². The Morgan fingerprint density at radius 2 is 2.12 bits per heavy atom. The smallest absolute Gasteiger partial charge is 0.264 e. The van der Waals surface area contributed by atoms with Crippen LogP contribution < -0.4 is 14.8 Å². The zero-order valence-electron chi connectivity index (χ0n) is 13.8. The van der Waals surface area contributed by atoms with E-state index in [1.54, 1.807) is 36.4 Å². The van der Waals surface area contributed by atoms with E-state index in [1.807, 2.05) is 13.0 Å². The number of hydrogen-bond donors (Lipinski definition) is 1. The number of ether oxygens (including phenoxy) is 2. The van der Waals surface area contributed by atoms with E-state index in [2.05, 4.69) is 10.3 Å². The van der Waals surface area contributed by atoms with E-state index < -0.39 is 0 Å². The fraction of sp³-hybridized carbons (Fsp3) is 0.167. The summed E-state index contributed by atoms with van der Waals surface area (Å²) < 4.78 is 11.9. The van der Waals surface area contributed by atoms with Crippen LogP contribution in [0.15, 0.2) is 36.4 Å². The summed E-state index contributed by atoms with van der Waals surface area (Å²) in [6.45, 7) is 2.04. The summed E-state index contributed by atoms with van der Waals surface area (Å²) in [7, 11) is 0. The van der Waals surface area contributed by atoms with Crippen molar-refractivity contribution in [1.29, 1.82) is 5.26 Å². The van der Waals surface area contributed by atoms with Crippen LogP contribution in [-0.2, 0) is 4.79 Å². The molecule has 0 saturated carbocycles. The van der Waals surface area contributed by atoms with Crippen molar-refractivity contribution < 1.29 is 14.3 Å². The van der Waals surface area contributed by atoms with E-state index in [9.17, 15) is 4.79 Å². The lowest BCUT2D eigenvalue weighted by atomic mass is 10.2. The number of fused-ring (bicyclic) bond motifs is 1. The lowest BCUT2D eigenvalue weighted by molar-refractivity contribution is -0.118. The summed E-state index contributed by atoms with van der Waals surface area (Å²) in [6, 6.07) is 12.2. The summed E-state index contributed by atoms with van der Waals surface area (Å²) in [6.07, 6.45) is 0. The zero-order chi connectivity index (χ0) is 18.5. The first kappa shape index (κ1) is 18.0. The summed E-state index contributed by atoms with van der Waals surface area (Å²) in [5.41, 5.74) is 1.22. The molecule has 0 saturated heterocycles. The molecule has 3 aromatic rings. The highest BCUT2D eigenvalue weighted by Crippen LogP contribution is 2.29. The number of hydrogen-bond acceptors (Lipinski definition) is 6. The molecule has 3 rings (SSSR count). The number of benzene rings is 2. The van der Waals surface area contributed by atoms with Crippen molar-refractivity contribution in [2.24, 2.45) is 0 Å². The van der Waals surface area contributed by atoms with Gasteiger partial charge in [0.1, 0.15) is 0 Å². The third kappa shape index (κ3) is 4.23. The van der Waals surface area contributed by atoms with E-state index in [4.69, 9.17) is 26.3 Å². The number of thiazole rings is 1. The van der Waals surface area contributed by atoms with Crippen LogP contribution in [0.2, 0.25) is 5.02 Å². The Hall–Kier alpha value is -2.82. The molecule has 132 valence electrons. The lowest BCUT2D eigenvalue weighted by Gasteiger charge is -2.11. The quantitative estimate of drug-likeness (QED) is 0.683. The Labute approximate surface area is 158 Å². The average Bonchev–Trinajstić information content (AvgIpc) is 3.02. The topological polar surface area (TPSA) is 84.2 Å². The summed E-state index contributed by atoms with van der Waals surface area (Å²) in [5, 5.41) is 12.7. The van der Waals surface area contributed by atoms with Crippen LogP contribution in [0.4, 0.5) is 5.13 Å². The number of halogens is 1. The maximum Gasteiger partial charge on any atom is 0.264 e. The monoisotopic (exact) mass is 387 g/mol. The normalized spacial score (nSPS) is 10.3. The number of aromatic nitrogens is 1. The molecule has 6 nitrogen and oxygen atoms in total. The molecule has 0 unspecified atom stereocenters. The van der Waals surface area contributed by atoms with Gasteiger partial charge in [-0.2, -0.15) is 5.26 Å². The molecule has 0 aliphatic heterocycles. The molecule has 1 aromatic heterocycles. The molecule has 0 spiro atoms. The minimum atomic E-state index is -0.345. The van der Waals surface area contributed by atoms with Crippen LogP contribution in [-0.4, -0.2) is 24.1 Å². The van der Waals surface area contributed by atoms with Crippen LogP contribution in [0.5, 0.6) is 11.5 Å². The van der Waals surface area contributed by atoms with Crippen LogP contribution in [0.3, 0.4) is 0 Å². The van der Waals surface area contributed by atoms with Crippen LogP contribution >= 0.6 is 22.9 Å². The number of anilines is 1. The number of carbonyl (C=O) groups excluding carboxylic acids is 1. The Morgan fingerprint density at radius 1 is 1.27 bits per heavy atom. The second kappa shape index (κ2) is 8.04. The van der Waals surface area contributed by atoms with E-state index in [0.717, 1.165) is 10.2 Å². The molecule has 0 aliphatic rings. The van der Waals surface area contributed by atoms with E-state index >= 15 is 0 Å². The highest BCUT2D eigenvalue weighted by atomic mass is 35.5. The molecule has 2 aromatic carbocycles. The number of nitrogens with one attached hydrogen (secondary N) is 1. The first-order valence-corrected chi connectivity index (χ1v) is 8.94. The first-order chi connectivity index (χ1) is 12.6. The van der Waals surface area contributed by atoms with Gasteiger partial charge in [-0.05, 0) is 37.3 Å². The van der Waals surface area contributed by atoms with Crippen LogP contribution in [0.25, 0.3) is 10.2 Å². The van der Waals surface area contributed by atoms with E-state index in [0.29, 0.717) is 33.8 Å². The SMILES string of the molecule is CCOc1cc(C#N)ccc1OCC(=O)Nc1nc2ccc(Cl)cc2s1. The Kier molecular flexibility index (Phi) is 5.56. The van der Waals surface area contributed by atoms with E-state index in [-0.39, 0.29) is 12.5 Å². The Bertz CT molecular complexity index is 997. The third-order valence-electron chi connectivity index (χ3n) is 3.33. The van der Waals surface area contributed by atoms with Crippen molar-refractivity contribution in [1.82, 2.24) is 4.98 Å². The van der Waals surface area contributed by atoms with Gasteiger partial charge in [-0.15, -0.1) is 0 Å². The number of amides is 1. The van der Waals surface area contributed by atoms with Gasteiger partial charge >= 0.3 is 0 Å². The fourth-order valence-corrected chi connectivity index (χ4v) is 3.37. The predicted octanol–water partition coefficient (Wildman–Crippen LogP) is 4.24. The summed E-state index contributed by atoms with van der Waals surface area (Å²) >= 11 is 7.29. The molecule has 0 fully saturated rings. The van der Waals surface area contributed by atoms with Gasteiger partial charge in [-0.25, -0.2) is 4.98 Å². The molecule has 1 amide bonds.